The van der Waals surface area contributed by atoms with Gasteiger partial charge in [0.05, 0.1) is 16.6 Å². The van der Waals surface area contributed by atoms with Crippen LogP contribution in [-0.4, -0.2) is 33.3 Å². The lowest BCUT2D eigenvalue weighted by molar-refractivity contribution is -0.149. The number of hydrogen-bond donors (Lipinski definition) is 1. The van der Waals surface area contributed by atoms with Gasteiger partial charge in [0, 0.05) is 13.0 Å². The zero-order valence-corrected chi connectivity index (χ0v) is 18.2. The van der Waals surface area contributed by atoms with Crippen LogP contribution in [0, 0.1) is 0 Å². The van der Waals surface area contributed by atoms with Gasteiger partial charge in [0.25, 0.3) is 5.56 Å². The molecule has 1 N–H and O–H groups in total. The van der Waals surface area contributed by atoms with Crippen molar-refractivity contribution in [2.45, 2.75) is 26.1 Å². The fourth-order valence-corrected chi connectivity index (χ4v) is 3.62. The van der Waals surface area contributed by atoms with E-state index in [2.05, 4.69) is 4.98 Å². The first-order valence-electron chi connectivity index (χ1n) is 10.7. The molecule has 0 saturated heterocycles. The van der Waals surface area contributed by atoms with E-state index in [0.717, 1.165) is 5.56 Å². The predicted molar refractivity (Wildman–Crippen MR) is 125 cm³/mol. The predicted octanol–water partition coefficient (Wildman–Crippen LogP) is 4.00. The van der Waals surface area contributed by atoms with Gasteiger partial charge < -0.3 is 14.6 Å². The van der Waals surface area contributed by atoms with Gasteiger partial charge >= 0.3 is 5.97 Å². The molecule has 0 fully saturated rings. The van der Waals surface area contributed by atoms with Crippen LogP contribution in [0.2, 0.25) is 0 Å². The van der Waals surface area contributed by atoms with Gasteiger partial charge in [0.1, 0.15) is 12.4 Å². The first kappa shape index (κ1) is 22.2. The van der Waals surface area contributed by atoms with Gasteiger partial charge in [-0.1, -0.05) is 42.5 Å². The van der Waals surface area contributed by atoms with E-state index in [4.69, 9.17) is 9.47 Å². The third kappa shape index (κ3) is 5.10. The third-order valence-corrected chi connectivity index (χ3v) is 5.22. The summed E-state index contributed by atoms with van der Waals surface area (Å²) < 4.78 is 12.8. The Kier molecular flexibility index (Phi) is 6.80. The Morgan fingerprint density at radius 3 is 2.39 bits per heavy atom. The topological polar surface area (TPSA) is 90.7 Å². The van der Waals surface area contributed by atoms with Crippen molar-refractivity contribution >= 4 is 16.9 Å². The van der Waals surface area contributed by atoms with Crippen LogP contribution in [0.4, 0.5) is 0 Å². The van der Waals surface area contributed by atoms with Gasteiger partial charge in [-0.05, 0) is 48.9 Å². The van der Waals surface area contributed by atoms with Crippen molar-refractivity contribution in [2.24, 2.45) is 0 Å². The number of fused-ring (bicyclic) bond motifs is 1. The largest absolute Gasteiger partial charge is 0.486 e. The van der Waals surface area contributed by atoms with E-state index in [1.165, 1.54) is 0 Å². The van der Waals surface area contributed by atoms with Crippen LogP contribution in [0.1, 0.15) is 18.3 Å². The molecule has 1 aromatic heterocycles. The van der Waals surface area contributed by atoms with Gasteiger partial charge in [-0.15, -0.1) is 0 Å². The van der Waals surface area contributed by atoms with E-state index in [1.54, 1.807) is 29.7 Å². The second-order valence-electron chi connectivity index (χ2n) is 7.44. The molecule has 1 atom stereocenters. The maximum Gasteiger partial charge on any atom is 0.333 e. The SMILES string of the molecule is CCOC(Cc1ccc(OCc2nc3ccccc3c(=O)n2-c2ccccc2)cc1)C(=O)O. The molecule has 0 spiro atoms. The van der Waals surface area contributed by atoms with E-state index in [-0.39, 0.29) is 18.6 Å². The van der Waals surface area contributed by atoms with Crippen molar-refractivity contribution in [1.82, 2.24) is 9.55 Å². The molecule has 4 aromatic rings. The third-order valence-electron chi connectivity index (χ3n) is 5.22. The van der Waals surface area contributed by atoms with Gasteiger partial charge in [-0.2, -0.15) is 0 Å². The lowest BCUT2D eigenvalue weighted by Crippen LogP contribution is -2.26. The molecule has 0 aliphatic rings. The lowest BCUT2D eigenvalue weighted by atomic mass is 10.1. The summed E-state index contributed by atoms with van der Waals surface area (Å²) in [6, 6.07) is 23.7. The fourth-order valence-electron chi connectivity index (χ4n) is 3.62. The molecule has 0 aliphatic heterocycles. The Morgan fingerprint density at radius 1 is 1.00 bits per heavy atom. The average molecular weight is 444 g/mol. The monoisotopic (exact) mass is 444 g/mol. The van der Waals surface area contributed by atoms with Crippen LogP contribution in [0.5, 0.6) is 5.75 Å². The summed E-state index contributed by atoms with van der Waals surface area (Å²) in [7, 11) is 0. The number of ether oxygens (including phenoxy) is 2. The summed E-state index contributed by atoms with van der Waals surface area (Å²) in [4.78, 5) is 29.2. The Bertz CT molecular complexity index is 1300. The standard InChI is InChI=1S/C26H24N2O5/c1-2-32-23(26(30)31)16-18-12-14-20(15-13-18)33-17-24-27-22-11-7-6-10-21(22)25(29)28(24)19-8-4-3-5-9-19/h3-15,23H,2,16-17H2,1H3,(H,30,31). The summed E-state index contributed by atoms with van der Waals surface area (Å²) >= 11 is 0. The van der Waals surface area contributed by atoms with E-state index in [1.807, 2.05) is 60.7 Å². The Morgan fingerprint density at radius 2 is 1.70 bits per heavy atom. The molecule has 0 aliphatic carbocycles. The number of rotatable bonds is 9. The summed E-state index contributed by atoms with van der Waals surface area (Å²) in [5, 5.41) is 9.80. The van der Waals surface area contributed by atoms with Gasteiger partial charge in [-0.3, -0.25) is 9.36 Å². The fraction of sp³-hybridized carbons (Fsp3) is 0.192. The Hall–Kier alpha value is -3.97. The second-order valence-corrected chi connectivity index (χ2v) is 7.44. The number of para-hydroxylation sites is 2. The molecule has 0 radical (unpaired) electrons. The summed E-state index contributed by atoms with van der Waals surface area (Å²) in [5.41, 5.74) is 1.99. The van der Waals surface area contributed by atoms with Crippen LogP contribution in [0.15, 0.2) is 83.7 Å². The maximum atomic E-state index is 13.2. The minimum absolute atomic E-state index is 0.0883. The molecule has 33 heavy (non-hydrogen) atoms. The summed E-state index contributed by atoms with van der Waals surface area (Å²) in [6.07, 6.45) is -0.618. The van der Waals surface area contributed by atoms with Crippen molar-refractivity contribution < 1.29 is 19.4 Å². The molecule has 0 saturated carbocycles. The minimum Gasteiger partial charge on any atom is -0.486 e. The molecule has 7 nitrogen and oxygen atoms in total. The van der Waals surface area contributed by atoms with E-state index in [9.17, 15) is 14.7 Å². The van der Waals surface area contributed by atoms with E-state index in [0.29, 0.717) is 34.8 Å². The maximum absolute atomic E-state index is 13.2. The zero-order chi connectivity index (χ0) is 23.2. The zero-order valence-electron chi connectivity index (χ0n) is 18.2. The number of carboxylic acid groups (broad SMARTS) is 1. The smallest absolute Gasteiger partial charge is 0.333 e. The van der Waals surface area contributed by atoms with E-state index < -0.39 is 12.1 Å². The van der Waals surface area contributed by atoms with Gasteiger partial charge in [0.15, 0.2) is 11.9 Å². The van der Waals surface area contributed by atoms with Crippen molar-refractivity contribution in [3.05, 3.63) is 101 Å². The molecule has 1 unspecified atom stereocenters. The van der Waals surface area contributed by atoms with Crippen molar-refractivity contribution in [2.75, 3.05) is 6.61 Å². The minimum atomic E-state index is -0.988. The first-order chi connectivity index (χ1) is 16.1. The molecule has 3 aromatic carbocycles. The number of benzene rings is 3. The highest BCUT2D eigenvalue weighted by atomic mass is 16.5. The number of aromatic nitrogens is 2. The number of carbonyl (C=O) groups is 1. The number of hydrogen-bond acceptors (Lipinski definition) is 5. The van der Waals surface area contributed by atoms with Crippen LogP contribution in [0.25, 0.3) is 16.6 Å². The number of carboxylic acids is 1. The van der Waals surface area contributed by atoms with Crippen molar-refractivity contribution in [3.8, 4) is 11.4 Å². The van der Waals surface area contributed by atoms with Crippen LogP contribution in [-0.2, 0) is 22.6 Å². The number of aliphatic carboxylic acids is 1. The summed E-state index contributed by atoms with van der Waals surface area (Å²) in [5.74, 6) is 0.0822. The lowest BCUT2D eigenvalue weighted by Gasteiger charge is -2.15. The number of nitrogens with zero attached hydrogens (tertiary/aromatic N) is 2. The normalized spacial score (nSPS) is 11.9. The highest BCUT2D eigenvalue weighted by molar-refractivity contribution is 5.77. The van der Waals surface area contributed by atoms with Crippen LogP contribution >= 0.6 is 0 Å². The molecule has 168 valence electrons. The molecular weight excluding hydrogens is 420 g/mol. The molecular formula is C26H24N2O5. The van der Waals surface area contributed by atoms with E-state index >= 15 is 0 Å². The van der Waals surface area contributed by atoms with Crippen LogP contribution < -0.4 is 10.3 Å². The van der Waals surface area contributed by atoms with Crippen molar-refractivity contribution in [1.29, 1.82) is 0 Å². The average Bonchev–Trinajstić information content (AvgIpc) is 2.84. The summed E-state index contributed by atoms with van der Waals surface area (Å²) in [6.45, 7) is 2.19. The van der Waals surface area contributed by atoms with Crippen LogP contribution in [0.3, 0.4) is 0 Å². The van der Waals surface area contributed by atoms with Gasteiger partial charge in [-0.25, -0.2) is 9.78 Å². The Labute approximate surface area is 190 Å². The molecule has 4 rings (SSSR count). The van der Waals surface area contributed by atoms with Crippen molar-refractivity contribution in [3.63, 3.8) is 0 Å². The highest BCUT2D eigenvalue weighted by Crippen LogP contribution is 2.18. The molecule has 0 bridgehead atoms. The molecule has 1 heterocycles. The molecule has 7 heteroatoms. The second kappa shape index (κ2) is 10.1. The first-order valence-corrected chi connectivity index (χ1v) is 10.7. The molecule has 0 amide bonds. The highest BCUT2D eigenvalue weighted by Gasteiger charge is 2.18. The quantitative estimate of drug-likeness (QED) is 0.420. The Balaban J connectivity index is 1.58. The van der Waals surface area contributed by atoms with Gasteiger partial charge in [0.2, 0.25) is 0 Å².